The fourth-order valence-corrected chi connectivity index (χ4v) is 4.72. The van der Waals surface area contributed by atoms with Gasteiger partial charge in [0.2, 0.25) is 0 Å². The molecule has 2 aliphatic heterocycles. The van der Waals surface area contributed by atoms with Crippen LogP contribution in [-0.4, -0.2) is 41.9 Å². The number of carbonyl (C=O) groups excluding carboxylic acids is 1. The minimum atomic E-state index is -0.483. The van der Waals surface area contributed by atoms with E-state index in [1.165, 1.54) is 36.8 Å². The van der Waals surface area contributed by atoms with Crippen LogP contribution < -0.4 is 4.90 Å². The van der Waals surface area contributed by atoms with Crippen LogP contribution in [0, 0.1) is 15.9 Å². The Morgan fingerprint density at radius 1 is 1.17 bits per heavy atom. The van der Waals surface area contributed by atoms with E-state index in [-0.39, 0.29) is 22.8 Å². The summed E-state index contributed by atoms with van der Waals surface area (Å²) >= 11 is 0. The number of amides is 1. The van der Waals surface area contributed by atoms with Crippen LogP contribution in [0.5, 0.6) is 0 Å². The van der Waals surface area contributed by atoms with Gasteiger partial charge < -0.3 is 9.80 Å². The normalized spacial score (nSPS) is 17.9. The third-order valence-electron chi connectivity index (χ3n) is 6.49. The maximum absolute atomic E-state index is 14.1. The molecule has 2 aliphatic rings. The molecule has 0 N–H and O–H groups in total. The molecule has 2 aromatic rings. The molecule has 0 atom stereocenters. The lowest BCUT2D eigenvalue weighted by Gasteiger charge is -2.40. The number of unbranched alkanes of at least 4 members (excludes halogenated alkanes) is 1. The quantitative estimate of drug-likeness (QED) is 0.536. The standard InChI is InChI=1S/C23H26FN3O3/c1-2-3-12-25-13-10-23(11-14-25)16-26(21-9-6-18(24)15-20(21)23)22(28)17-4-7-19(8-5-17)27(29)30/h4-9,15H,2-3,10-14,16H2,1H3. The predicted molar refractivity (Wildman–Crippen MR) is 113 cm³/mol. The Labute approximate surface area is 175 Å². The predicted octanol–water partition coefficient (Wildman–Crippen LogP) is 4.53. The second-order valence-electron chi connectivity index (χ2n) is 8.33. The minimum Gasteiger partial charge on any atom is -0.307 e. The maximum Gasteiger partial charge on any atom is 0.269 e. The zero-order chi connectivity index (χ0) is 21.3. The van der Waals surface area contributed by atoms with Crippen molar-refractivity contribution in [2.45, 2.75) is 38.0 Å². The van der Waals surface area contributed by atoms with Crippen molar-refractivity contribution < 1.29 is 14.1 Å². The van der Waals surface area contributed by atoms with Crippen molar-refractivity contribution in [3.8, 4) is 0 Å². The minimum absolute atomic E-state index is 0.0497. The number of halogens is 1. The Balaban J connectivity index is 1.60. The second-order valence-corrected chi connectivity index (χ2v) is 8.33. The Morgan fingerprint density at radius 2 is 1.87 bits per heavy atom. The molecule has 0 saturated carbocycles. The summed E-state index contributed by atoms with van der Waals surface area (Å²) < 4.78 is 14.1. The highest BCUT2D eigenvalue weighted by molar-refractivity contribution is 6.07. The van der Waals surface area contributed by atoms with Crippen molar-refractivity contribution in [1.29, 1.82) is 0 Å². The van der Waals surface area contributed by atoms with Crippen molar-refractivity contribution in [2.24, 2.45) is 0 Å². The molecule has 158 valence electrons. The molecule has 30 heavy (non-hydrogen) atoms. The molecule has 0 radical (unpaired) electrons. The first-order valence-corrected chi connectivity index (χ1v) is 10.5. The fourth-order valence-electron chi connectivity index (χ4n) is 4.72. The number of carbonyl (C=O) groups is 1. The van der Waals surface area contributed by atoms with Crippen molar-refractivity contribution in [1.82, 2.24) is 4.90 Å². The summed E-state index contributed by atoms with van der Waals surface area (Å²) in [5.74, 6) is -0.491. The van der Waals surface area contributed by atoms with E-state index in [1.54, 1.807) is 17.0 Å². The van der Waals surface area contributed by atoms with E-state index in [1.807, 2.05) is 0 Å². The molecule has 4 rings (SSSR count). The third kappa shape index (κ3) is 3.69. The SMILES string of the molecule is CCCCN1CCC2(CC1)CN(C(=O)c1ccc([N+](=O)[O-])cc1)c1ccc(F)cc12. The lowest BCUT2D eigenvalue weighted by Crippen LogP contribution is -2.46. The molecule has 0 aromatic heterocycles. The van der Waals surface area contributed by atoms with Crippen molar-refractivity contribution >= 4 is 17.3 Å². The van der Waals surface area contributed by atoms with E-state index in [4.69, 9.17) is 0 Å². The van der Waals surface area contributed by atoms with Crippen LogP contribution in [0.2, 0.25) is 0 Å². The molecule has 1 saturated heterocycles. The lowest BCUT2D eigenvalue weighted by atomic mass is 9.74. The van der Waals surface area contributed by atoms with Gasteiger partial charge in [0.1, 0.15) is 5.82 Å². The van der Waals surface area contributed by atoms with Gasteiger partial charge in [-0.2, -0.15) is 0 Å². The van der Waals surface area contributed by atoms with Crippen molar-refractivity contribution in [3.05, 3.63) is 69.5 Å². The van der Waals surface area contributed by atoms with Crippen LogP contribution in [0.15, 0.2) is 42.5 Å². The van der Waals surface area contributed by atoms with Crippen LogP contribution in [0.1, 0.15) is 48.5 Å². The molecule has 1 amide bonds. The van der Waals surface area contributed by atoms with Crippen LogP contribution in [-0.2, 0) is 5.41 Å². The third-order valence-corrected chi connectivity index (χ3v) is 6.49. The van der Waals surface area contributed by atoms with Gasteiger partial charge in [-0.25, -0.2) is 4.39 Å². The monoisotopic (exact) mass is 411 g/mol. The highest BCUT2D eigenvalue weighted by Crippen LogP contribution is 2.47. The van der Waals surface area contributed by atoms with Crippen molar-refractivity contribution in [2.75, 3.05) is 31.1 Å². The van der Waals surface area contributed by atoms with Gasteiger partial charge in [-0.15, -0.1) is 0 Å². The molecule has 2 aromatic carbocycles. The number of nitro groups is 1. The first-order chi connectivity index (χ1) is 14.4. The number of benzene rings is 2. The van der Waals surface area contributed by atoms with Gasteiger partial charge in [-0.1, -0.05) is 13.3 Å². The number of piperidine rings is 1. The average Bonchev–Trinajstić information content (AvgIpc) is 3.06. The zero-order valence-corrected chi connectivity index (χ0v) is 17.1. The lowest BCUT2D eigenvalue weighted by molar-refractivity contribution is -0.384. The fraction of sp³-hybridized carbons (Fsp3) is 0.435. The Kier molecular flexibility index (Phi) is 5.56. The molecule has 1 fully saturated rings. The number of hydrogen-bond acceptors (Lipinski definition) is 4. The molecular formula is C23H26FN3O3. The van der Waals surface area contributed by atoms with Gasteiger partial charge in [0.15, 0.2) is 0 Å². The molecule has 0 aliphatic carbocycles. The molecule has 0 unspecified atom stereocenters. The number of hydrogen-bond donors (Lipinski definition) is 0. The first kappa shape index (κ1) is 20.5. The Bertz CT molecular complexity index is 953. The maximum atomic E-state index is 14.1. The van der Waals surface area contributed by atoms with Crippen LogP contribution in [0.4, 0.5) is 15.8 Å². The Morgan fingerprint density at radius 3 is 2.50 bits per heavy atom. The smallest absolute Gasteiger partial charge is 0.269 e. The number of nitrogens with zero attached hydrogens (tertiary/aromatic N) is 3. The summed E-state index contributed by atoms with van der Waals surface area (Å²) in [4.78, 5) is 27.8. The Hall–Kier alpha value is -2.80. The highest BCUT2D eigenvalue weighted by Gasteiger charge is 2.46. The van der Waals surface area contributed by atoms with Gasteiger partial charge in [0, 0.05) is 35.3 Å². The van der Waals surface area contributed by atoms with E-state index in [9.17, 15) is 19.3 Å². The number of likely N-dealkylation sites (tertiary alicyclic amines) is 1. The van der Waals surface area contributed by atoms with Crippen LogP contribution in [0.3, 0.4) is 0 Å². The average molecular weight is 411 g/mol. The number of nitro benzene ring substituents is 1. The van der Waals surface area contributed by atoms with Gasteiger partial charge in [-0.3, -0.25) is 14.9 Å². The van der Waals surface area contributed by atoms with Gasteiger partial charge in [-0.05, 0) is 74.8 Å². The topological polar surface area (TPSA) is 66.7 Å². The summed E-state index contributed by atoms with van der Waals surface area (Å²) in [6, 6.07) is 10.3. The summed E-state index contributed by atoms with van der Waals surface area (Å²) in [5, 5.41) is 10.9. The molecular weight excluding hydrogens is 385 g/mol. The second kappa shape index (κ2) is 8.14. The molecule has 0 bridgehead atoms. The molecule has 7 heteroatoms. The summed E-state index contributed by atoms with van der Waals surface area (Å²) in [7, 11) is 0. The number of anilines is 1. The van der Waals surface area contributed by atoms with Gasteiger partial charge in [0.25, 0.3) is 11.6 Å². The van der Waals surface area contributed by atoms with E-state index < -0.39 is 4.92 Å². The molecule has 6 nitrogen and oxygen atoms in total. The first-order valence-electron chi connectivity index (χ1n) is 10.5. The summed E-state index contributed by atoms with van der Waals surface area (Å²) in [6.07, 6.45) is 4.10. The largest absolute Gasteiger partial charge is 0.307 e. The molecule has 2 heterocycles. The van der Waals surface area contributed by atoms with E-state index in [2.05, 4.69) is 11.8 Å². The number of non-ortho nitro benzene ring substituents is 1. The van der Waals surface area contributed by atoms with E-state index in [0.717, 1.165) is 50.1 Å². The zero-order valence-electron chi connectivity index (χ0n) is 17.1. The number of rotatable bonds is 5. The highest BCUT2D eigenvalue weighted by atomic mass is 19.1. The number of fused-ring (bicyclic) bond motifs is 2. The van der Waals surface area contributed by atoms with Gasteiger partial charge >= 0.3 is 0 Å². The summed E-state index contributed by atoms with van der Waals surface area (Å²) in [5.41, 5.74) is 1.77. The van der Waals surface area contributed by atoms with Gasteiger partial charge in [0.05, 0.1) is 4.92 Å². The molecule has 1 spiro atoms. The van der Waals surface area contributed by atoms with E-state index in [0.29, 0.717) is 12.1 Å². The summed E-state index contributed by atoms with van der Waals surface area (Å²) in [6.45, 7) is 5.66. The van der Waals surface area contributed by atoms with Crippen LogP contribution >= 0.6 is 0 Å². The van der Waals surface area contributed by atoms with Crippen LogP contribution in [0.25, 0.3) is 0 Å². The van der Waals surface area contributed by atoms with E-state index >= 15 is 0 Å². The van der Waals surface area contributed by atoms with Crippen molar-refractivity contribution in [3.63, 3.8) is 0 Å².